The first-order valence-electron chi connectivity index (χ1n) is 7.06. The fourth-order valence-electron chi connectivity index (χ4n) is 2.65. The van der Waals surface area contributed by atoms with E-state index in [9.17, 15) is 4.79 Å². The van der Waals surface area contributed by atoms with Gasteiger partial charge in [0.15, 0.2) is 0 Å². The van der Waals surface area contributed by atoms with Crippen LogP contribution in [-0.4, -0.2) is 31.8 Å². The van der Waals surface area contributed by atoms with Gasteiger partial charge in [0.1, 0.15) is 12.4 Å². The second kappa shape index (κ2) is 6.02. The Balaban J connectivity index is 1.85. The van der Waals surface area contributed by atoms with Crippen LogP contribution in [-0.2, 0) is 4.74 Å². The van der Waals surface area contributed by atoms with Crippen molar-refractivity contribution in [1.29, 1.82) is 0 Å². The monoisotopic (exact) mass is 295 g/mol. The summed E-state index contributed by atoms with van der Waals surface area (Å²) in [7, 11) is 0. The average molecular weight is 296 g/mol. The van der Waals surface area contributed by atoms with Gasteiger partial charge in [0.05, 0.1) is 23.6 Å². The van der Waals surface area contributed by atoms with Crippen molar-refractivity contribution in [2.24, 2.45) is 0 Å². The summed E-state index contributed by atoms with van der Waals surface area (Å²) in [5, 5.41) is 2.58. The third-order valence-corrected chi connectivity index (χ3v) is 4.29. The molecular formula is C15H18ClNO3. The molecule has 1 aromatic rings. The van der Waals surface area contributed by atoms with Gasteiger partial charge in [0.2, 0.25) is 0 Å². The first-order valence-corrected chi connectivity index (χ1v) is 7.50. The molecular weight excluding hydrogens is 278 g/mol. The van der Waals surface area contributed by atoms with Gasteiger partial charge in [0, 0.05) is 6.61 Å². The maximum absolute atomic E-state index is 12.0. The van der Waals surface area contributed by atoms with E-state index in [0.717, 1.165) is 31.4 Å². The third kappa shape index (κ3) is 2.76. The van der Waals surface area contributed by atoms with Crippen LogP contribution in [0, 0.1) is 0 Å². The maximum atomic E-state index is 12.0. The highest BCUT2D eigenvalue weighted by molar-refractivity contribution is 6.21. The number of carbonyl (C=O) groups excluding carboxylic acids is 1. The molecule has 0 spiro atoms. The highest BCUT2D eigenvalue weighted by Crippen LogP contribution is 2.34. The van der Waals surface area contributed by atoms with Crippen LogP contribution in [0.15, 0.2) is 18.2 Å². The molecule has 3 rings (SSSR count). The van der Waals surface area contributed by atoms with E-state index in [0.29, 0.717) is 24.5 Å². The Morgan fingerprint density at radius 2 is 2.20 bits per heavy atom. The van der Waals surface area contributed by atoms with Crippen molar-refractivity contribution in [3.63, 3.8) is 0 Å². The molecule has 1 amide bonds. The van der Waals surface area contributed by atoms with Crippen LogP contribution < -0.4 is 10.1 Å². The Morgan fingerprint density at radius 3 is 3.00 bits per heavy atom. The molecule has 1 saturated heterocycles. The Labute approximate surface area is 123 Å². The van der Waals surface area contributed by atoms with Gasteiger partial charge in [-0.25, -0.2) is 0 Å². The van der Waals surface area contributed by atoms with E-state index in [2.05, 4.69) is 5.32 Å². The predicted octanol–water partition coefficient (Wildman–Crippen LogP) is 2.66. The first-order chi connectivity index (χ1) is 9.75. The lowest BCUT2D eigenvalue weighted by Crippen LogP contribution is -2.25. The number of fused-ring (bicyclic) bond motifs is 1. The molecule has 0 aromatic heterocycles. The summed E-state index contributed by atoms with van der Waals surface area (Å²) in [6.45, 7) is 1.79. The van der Waals surface area contributed by atoms with Crippen molar-refractivity contribution in [2.75, 3.05) is 19.8 Å². The second-order valence-corrected chi connectivity index (χ2v) is 5.64. The van der Waals surface area contributed by atoms with Crippen LogP contribution >= 0.6 is 11.6 Å². The average Bonchev–Trinajstić information content (AvgIpc) is 2.69. The Kier molecular flexibility index (Phi) is 4.13. The van der Waals surface area contributed by atoms with E-state index in [4.69, 9.17) is 21.1 Å². The molecule has 0 radical (unpaired) electrons. The van der Waals surface area contributed by atoms with Crippen molar-refractivity contribution in [2.45, 2.75) is 30.7 Å². The molecule has 2 aliphatic rings. The lowest BCUT2D eigenvalue weighted by atomic mass is 9.98. The van der Waals surface area contributed by atoms with E-state index in [-0.39, 0.29) is 17.4 Å². The van der Waals surface area contributed by atoms with Gasteiger partial charge >= 0.3 is 0 Å². The van der Waals surface area contributed by atoms with Crippen LogP contribution in [0.25, 0.3) is 0 Å². The Hall–Kier alpha value is -1.26. The minimum absolute atomic E-state index is 0.0261. The summed E-state index contributed by atoms with van der Waals surface area (Å²) < 4.78 is 11.3. The number of rotatable bonds is 2. The minimum atomic E-state index is -0.225. The molecule has 0 saturated carbocycles. The zero-order chi connectivity index (χ0) is 13.9. The number of halogens is 1. The van der Waals surface area contributed by atoms with Gasteiger partial charge in [-0.15, -0.1) is 11.6 Å². The van der Waals surface area contributed by atoms with Crippen molar-refractivity contribution in [3.05, 3.63) is 29.3 Å². The number of amides is 1. The zero-order valence-electron chi connectivity index (χ0n) is 11.2. The fraction of sp³-hybridized carbons (Fsp3) is 0.533. The van der Waals surface area contributed by atoms with E-state index < -0.39 is 0 Å². The van der Waals surface area contributed by atoms with Gasteiger partial charge in [-0.2, -0.15) is 0 Å². The SMILES string of the molecule is O=C1NCCOc2ccc(C(Cl)C3CCCCO3)cc21. The largest absolute Gasteiger partial charge is 0.491 e. The van der Waals surface area contributed by atoms with E-state index in [1.54, 1.807) is 0 Å². The first kappa shape index (κ1) is 13.7. The number of carbonyl (C=O) groups is 1. The van der Waals surface area contributed by atoms with Crippen LogP contribution in [0.3, 0.4) is 0 Å². The molecule has 2 unspecified atom stereocenters. The van der Waals surface area contributed by atoms with Crippen LogP contribution in [0.4, 0.5) is 0 Å². The van der Waals surface area contributed by atoms with Crippen molar-refractivity contribution in [1.82, 2.24) is 5.32 Å². The smallest absolute Gasteiger partial charge is 0.255 e. The van der Waals surface area contributed by atoms with Crippen molar-refractivity contribution in [3.8, 4) is 5.75 Å². The number of nitrogens with one attached hydrogen (secondary N) is 1. The number of hydrogen-bond acceptors (Lipinski definition) is 3. The van der Waals surface area contributed by atoms with E-state index in [1.165, 1.54) is 0 Å². The third-order valence-electron chi connectivity index (χ3n) is 3.75. The van der Waals surface area contributed by atoms with Gasteiger partial charge in [0.25, 0.3) is 5.91 Å². The highest BCUT2D eigenvalue weighted by Gasteiger charge is 2.26. The molecule has 20 heavy (non-hydrogen) atoms. The maximum Gasteiger partial charge on any atom is 0.255 e. The Bertz CT molecular complexity index is 500. The summed E-state index contributed by atoms with van der Waals surface area (Å²) in [6, 6.07) is 5.58. The summed E-state index contributed by atoms with van der Waals surface area (Å²) in [5.41, 5.74) is 1.47. The molecule has 1 fully saturated rings. The topological polar surface area (TPSA) is 47.6 Å². The zero-order valence-corrected chi connectivity index (χ0v) is 12.0. The highest BCUT2D eigenvalue weighted by atomic mass is 35.5. The lowest BCUT2D eigenvalue weighted by Gasteiger charge is -2.27. The van der Waals surface area contributed by atoms with Crippen molar-refractivity contribution >= 4 is 17.5 Å². The van der Waals surface area contributed by atoms with Gasteiger partial charge < -0.3 is 14.8 Å². The Morgan fingerprint density at radius 1 is 1.30 bits per heavy atom. The lowest BCUT2D eigenvalue weighted by molar-refractivity contribution is 0.0135. The molecule has 2 heterocycles. The van der Waals surface area contributed by atoms with Crippen LogP contribution in [0.2, 0.25) is 0 Å². The van der Waals surface area contributed by atoms with Crippen LogP contribution in [0.1, 0.15) is 40.6 Å². The number of benzene rings is 1. The molecule has 0 aliphatic carbocycles. The normalized spacial score (nSPS) is 24.1. The van der Waals surface area contributed by atoms with Crippen molar-refractivity contribution < 1.29 is 14.3 Å². The van der Waals surface area contributed by atoms with E-state index >= 15 is 0 Å². The predicted molar refractivity (Wildman–Crippen MR) is 76.5 cm³/mol. The second-order valence-electron chi connectivity index (χ2n) is 5.17. The summed E-state index contributed by atoms with van der Waals surface area (Å²) in [5.74, 6) is 0.518. The molecule has 1 aromatic carbocycles. The van der Waals surface area contributed by atoms with Gasteiger partial charge in [-0.1, -0.05) is 6.07 Å². The molecule has 108 valence electrons. The molecule has 2 aliphatic heterocycles. The summed E-state index contributed by atoms with van der Waals surface area (Å²) in [6.07, 6.45) is 3.23. The molecule has 0 bridgehead atoms. The number of ether oxygens (including phenoxy) is 2. The molecule has 4 nitrogen and oxygen atoms in total. The summed E-state index contributed by atoms with van der Waals surface area (Å²) in [4.78, 5) is 12.0. The number of hydrogen-bond donors (Lipinski definition) is 1. The molecule has 5 heteroatoms. The molecule has 1 N–H and O–H groups in total. The van der Waals surface area contributed by atoms with Gasteiger partial charge in [-0.05, 0) is 37.0 Å². The number of alkyl halides is 1. The van der Waals surface area contributed by atoms with E-state index in [1.807, 2.05) is 18.2 Å². The van der Waals surface area contributed by atoms with Gasteiger partial charge in [-0.3, -0.25) is 4.79 Å². The fourth-order valence-corrected chi connectivity index (χ4v) is 2.99. The summed E-state index contributed by atoms with van der Waals surface area (Å²) >= 11 is 6.52. The molecule has 2 atom stereocenters. The standard InChI is InChI=1S/C15H18ClNO3/c16-14(13-3-1-2-7-19-13)10-4-5-12-11(9-10)15(18)17-6-8-20-12/h4-5,9,13-14H,1-3,6-8H2,(H,17,18). The van der Waals surface area contributed by atoms with Crippen LogP contribution in [0.5, 0.6) is 5.75 Å². The quantitative estimate of drug-likeness (QED) is 0.853. The minimum Gasteiger partial charge on any atom is -0.491 e.